The van der Waals surface area contributed by atoms with Gasteiger partial charge in [-0.25, -0.2) is 0 Å². The predicted molar refractivity (Wildman–Crippen MR) is 130 cm³/mol. The lowest BCUT2D eigenvalue weighted by molar-refractivity contribution is 0.189. The monoisotopic (exact) mass is 497 g/mol. The van der Waals surface area contributed by atoms with Crippen molar-refractivity contribution in [1.29, 1.82) is 0 Å². The number of rotatable bonds is 5. The molecule has 0 amide bonds. The second kappa shape index (κ2) is 12.4. The molecule has 1 N–H and O–H groups in total. The first-order valence-electron chi connectivity index (χ1n) is 10.3. The third-order valence-corrected chi connectivity index (χ3v) is 5.63. The Labute approximate surface area is 187 Å². The molecule has 2 heterocycles. The maximum absolute atomic E-state index is 4.53. The highest BCUT2D eigenvalue weighted by atomic mass is 127. The topological polar surface area (TPSA) is 34.1 Å². The zero-order valence-corrected chi connectivity index (χ0v) is 19.7. The number of nitrogens with one attached hydrogen (secondary N) is 1. The van der Waals surface area contributed by atoms with Crippen LogP contribution in [0, 0.1) is 5.92 Å². The van der Waals surface area contributed by atoms with Crippen LogP contribution >= 0.6 is 24.0 Å². The summed E-state index contributed by atoms with van der Waals surface area (Å²) in [4.78, 5) is 11.9. The fourth-order valence-corrected chi connectivity index (χ4v) is 4.05. The molecule has 0 bridgehead atoms. The van der Waals surface area contributed by atoms with Crippen molar-refractivity contribution in [3.63, 3.8) is 0 Å². The lowest BCUT2D eigenvalue weighted by Crippen LogP contribution is -2.53. The van der Waals surface area contributed by atoms with Gasteiger partial charge in [-0.1, -0.05) is 42.5 Å². The summed E-state index contributed by atoms with van der Waals surface area (Å²) in [5.74, 6) is 1.81. The fraction of sp³-hybridized carbons (Fsp3) is 0.591. The Hall–Kier alpha value is -1.12. The Morgan fingerprint density at radius 2 is 1.89 bits per heavy atom. The molecule has 2 saturated heterocycles. The van der Waals surface area contributed by atoms with Gasteiger partial charge < -0.3 is 15.1 Å². The van der Waals surface area contributed by atoms with Crippen molar-refractivity contribution < 1.29 is 0 Å². The second-order valence-corrected chi connectivity index (χ2v) is 7.80. The van der Waals surface area contributed by atoms with Crippen LogP contribution in [-0.4, -0.2) is 87.1 Å². The van der Waals surface area contributed by atoms with Crippen molar-refractivity contribution in [2.75, 3.05) is 66.5 Å². The van der Waals surface area contributed by atoms with E-state index in [0.717, 1.165) is 51.1 Å². The number of benzene rings is 1. The van der Waals surface area contributed by atoms with Crippen LogP contribution in [0.4, 0.5) is 0 Å². The van der Waals surface area contributed by atoms with Crippen LogP contribution in [0.3, 0.4) is 0 Å². The molecule has 1 aromatic rings. The summed E-state index contributed by atoms with van der Waals surface area (Å²) in [6.07, 6.45) is 7.14. The molecule has 0 radical (unpaired) electrons. The number of guanidine groups is 1. The lowest BCUT2D eigenvalue weighted by Gasteiger charge is -2.37. The van der Waals surface area contributed by atoms with Gasteiger partial charge in [-0.05, 0) is 37.9 Å². The van der Waals surface area contributed by atoms with E-state index >= 15 is 0 Å². The highest BCUT2D eigenvalue weighted by Gasteiger charge is 2.21. The lowest BCUT2D eigenvalue weighted by atomic mass is 9.98. The highest BCUT2D eigenvalue weighted by Crippen LogP contribution is 2.14. The Morgan fingerprint density at radius 1 is 1.14 bits per heavy atom. The maximum Gasteiger partial charge on any atom is 0.193 e. The van der Waals surface area contributed by atoms with E-state index in [1.165, 1.54) is 31.5 Å². The number of piperidine rings is 1. The summed E-state index contributed by atoms with van der Waals surface area (Å²) in [7, 11) is 4.14. The van der Waals surface area contributed by atoms with Crippen molar-refractivity contribution in [2.45, 2.75) is 12.8 Å². The summed E-state index contributed by atoms with van der Waals surface area (Å²) >= 11 is 0. The van der Waals surface area contributed by atoms with Gasteiger partial charge in [0.05, 0.1) is 0 Å². The first-order valence-corrected chi connectivity index (χ1v) is 10.3. The van der Waals surface area contributed by atoms with Crippen LogP contribution < -0.4 is 5.32 Å². The van der Waals surface area contributed by atoms with Crippen LogP contribution in [0.1, 0.15) is 18.4 Å². The Kier molecular flexibility index (Phi) is 10.3. The molecule has 1 unspecified atom stereocenters. The minimum atomic E-state index is 0. The molecule has 0 saturated carbocycles. The number of nitrogens with zero attached hydrogens (tertiary/aromatic N) is 4. The third-order valence-electron chi connectivity index (χ3n) is 5.63. The van der Waals surface area contributed by atoms with Crippen LogP contribution in [-0.2, 0) is 0 Å². The molecule has 5 nitrogen and oxygen atoms in total. The molecule has 0 aromatic heterocycles. The molecule has 0 spiro atoms. The molecule has 0 aliphatic carbocycles. The van der Waals surface area contributed by atoms with Gasteiger partial charge in [0.1, 0.15) is 0 Å². The highest BCUT2D eigenvalue weighted by molar-refractivity contribution is 14.0. The van der Waals surface area contributed by atoms with Gasteiger partial charge in [0.2, 0.25) is 0 Å². The zero-order chi connectivity index (χ0) is 18.9. The summed E-state index contributed by atoms with van der Waals surface area (Å²) in [5, 5.41) is 3.63. The molecule has 2 fully saturated rings. The van der Waals surface area contributed by atoms with Gasteiger partial charge in [0.15, 0.2) is 5.96 Å². The van der Waals surface area contributed by atoms with Crippen LogP contribution in [0.15, 0.2) is 41.4 Å². The number of halogens is 1. The summed E-state index contributed by atoms with van der Waals surface area (Å²) in [6.45, 7) is 8.77. The molecular formula is C22H36IN5. The van der Waals surface area contributed by atoms with E-state index in [9.17, 15) is 0 Å². The quantitative estimate of drug-likeness (QED) is 0.386. The Bertz CT molecular complexity index is 611. The minimum absolute atomic E-state index is 0. The first-order chi connectivity index (χ1) is 13.2. The van der Waals surface area contributed by atoms with Crippen LogP contribution in [0.2, 0.25) is 0 Å². The summed E-state index contributed by atoms with van der Waals surface area (Å²) in [5.41, 5.74) is 1.27. The van der Waals surface area contributed by atoms with Gasteiger partial charge in [-0.2, -0.15) is 0 Å². The van der Waals surface area contributed by atoms with Gasteiger partial charge in [0.25, 0.3) is 0 Å². The van der Waals surface area contributed by atoms with E-state index in [2.05, 4.69) is 74.5 Å². The molecular weight excluding hydrogens is 461 g/mol. The third kappa shape index (κ3) is 7.37. The smallest absolute Gasteiger partial charge is 0.193 e. The Morgan fingerprint density at radius 3 is 2.57 bits per heavy atom. The second-order valence-electron chi connectivity index (χ2n) is 7.80. The summed E-state index contributed by atoms with van der Waals surface area (Å²) in [6, 6.07) is 10.5. The fourth-order valence-electron chi connectivity index (χ4n) is 4.05. The van der Waals surface area contributed by atoms with Gasteiger partial charge >= 0.3 is 0 Å². The average molecular weight is 497 g/mol. The SMILES string of the molecule is CN=C(NCC1CCCN(C)C1)N1CCN(CC=Cc2ccccc2)CC1.I. The molecule has 3 rings (SSSR count). The number of hydrogen-bond acceptors (Lipinski definition) is 3. The standard InChI is InChI=1S/C22H35N5.HI/c1-23-22(24-18-21-11-6-12-25(2)19-21)27-16-14-26(15-17-27)13-7-10-20-8-4-3-5-9-20;/h3-5,7-10,21H,6,11-19H2,1-2H3,(H,23,24);1H. The van der Waals surface area contributed by atoms with Gasteiger partial charge in [0, 0.05) is 52.9 Å². The van der Waals surface area contributed by atoms with E-state index in [1.54, 1.807) is 0 Å². The van der Waals surface area contributed by atoms with Crippen molar-refractivity contribution in [1.82, 2.24) is 20.0 Å². The van der Waals surface area contributed by atoms with Gasteiger partial charge in [-0.3, -0.25) is 9.89 Å². The van der Waals surface area contributed by atoms with Crippen molar-refractivity contribution >= 4 is 36.0 Å². The minimum Gasteiger partial charge on any atom is -0.356 e. The van der Waals surface area contributed by atoms with Crippen LogP contribution in [0.5, 0.6) is 0 Å². The zero-order valence-electron chi connectivity index (χ0n) is 17.4. The number of hydrogen-bond donors (Lipinski definition) is 1. The Balaban J connectivity index is 0.00000280. The van der Waals surface area contributed by atoms with Crippen molar-refractivity contribution in [2.24, 2.45) is 10.9 Å². The largest absolute Gasteiger partial charge is 0.356 e. The number of likely N-dealkylation sites (tertiary alicyclic amines) is 1. The van der Waals surface area contributed by atoms with E-state index in [-0.39, 0.29) is 24.0 Å². The molecule has 28 heavy (non-hydrogen) atoms. The molecule has 1 aromatic carbocycles. The maximum atomic E-state index is 4.53. The van der Waals surface area contributed by atoms with E-state index in [4.69, 9.17) is 0 Å². The first kappa shape index (κ1) is 23.2. The van der Waals surface area contributed by atoms with Gasteiger partial charge in [-0.15, -0.1) is 24.0 Å². The molecule has 1 atom stereocenters. The van der Waals surface area contributed by atoms with Crippen LogP contribution in [0.25, 0.3) is 6.08 Å². The molecule has 2 aliphatic heterocycles. The molecule has 2 aliphatic rings. The van der Waals surface area contributed by atoms with Crippen molar-refractivity contribution in [3.8, 4) is 0 Å². The molecule has 156 valence electrons. The normalized spacial score (nSPS) is 22.3. The van der Waals surface area contributed by atoms with E-state index in [1.807, 2.05) is 7.05 Å². The van der Waals surface area contributed by atoms with E-state index < -0.39 is 0 Å². The number of piperazine rings is 1. The number of aliphatic imine (C=N–C) groups is 1. The molecule has 6 heteroatoms. The average Bonchev–Trinajstić information content (AvgIpc) is 2.70. The van der Waals surface area contributed by atoms with E-state index in [0.29, 0.717) is 0 Å². The summed E-state index contributed by atoms with van der Waals surface area (Å²) < 4.78 is 0. The van der Waals surface area contributed by atoms with Crippen molar-refractivity contribution in [3.05, 3.63) is 42.0 Å². The predicted octanol–water partition coefficient (Wildman–Crippen LogP) is 2.85.